The molecule has 4 rings (SSSR count). The fraction of sp³-hybridized carbons (Fsp3) is 0.312. The van der Waals surface area contributed by atoms with Crippen LogP contribution in [0.3, 0.4) is 0 Å². The number of hydrogen-bond acceptors (Lipinski definition) is 3. The fourth-order valence-electron chi connectivity index (χ4n) is 3.84. The van der Waals surface area contributed by atoms with Gasteiger partial charge in [-0.25, -0.2) is 9.07 Å². The summed E-state index contributed by atoms with van der Waals surface area (Å²) in [6, 6.07) is 4.46. The number of aromatic nitrogens is 1. The molecule has 2 aliphatic carbocycles. The van der Waals surface area contributed by atoms with E-state index in [0.717, 1.165) is 40.8 Å². The third-order valence-electron chi connectivity index (χ3n) is 4.76. The molecule has 0 spiro atoms. The van der Waals surface area contributed by atoms with Crippen LogP contribution in [0, 0.1) is 5.82 Å². The number of rotatable bonds is 2. The minimum Gasteiger partial charge on any atom is -0.354 e. The van der Waals surface area contributed by atoms with Crippen molar-refractivity contribution in [3.8, 4) is 0 Å². The van der Waals surface area contributed by atoms with E-state index in [9.17, 15) is 9.18 Å². The summed E-state index contributed by atoms with van der Waals surface area (Å²) in [7, 11) is 0. The van der Waals surface area contributed by atoms with Gasteiger partial charge in [0, 0.05) is 11.3 Å². The van der Waals surface area contributed by atoms with Gasteiger partial charge in [-0.1, -0.05) is 11.6 Å². The number of fused-ring (bicyclic) bond motifs is 5. The summed E-state index contributed by atoms with van der Waals surface area (Å²) in [6.07, 6.45) is 4.79. The van der Waals surface area contributed by atoms with Crippen LogP contribution in [0.15, 0.2) is 29.2 Å². The maximum atomic E-state index is 13.3. The van der Waals surface area contributed by atoms with Gasteiger partial charge in [0.15, 0.2) is 0 Å². The Bertz CT molecular complexity index is 833. The van der Waals surface area contributed by atoms with Crippen molar-refractivity contribution in [2.75, 3.05) is 11.2 Å². The fourth-order valence-corrected chi connectivity index (χ4v) is 4.02. The van der Waals surface area contributed by atoms with Crippen LogP contribution in [-0.4, -0.2) is 4.68 Å². The van der Waals surface area contributed by atoms with E-state index >= 15 is 0 Å². The van der Waals surface area contributed by atoms with E-state index in [4.69, 9.17) is 17.4 Å². The molecule has 2 unspecified atom stereocenters. The molecule has 1 fully saturated rings. The molecule has 3 N–H and O–H groups in total. The minimum absolute atomic E-state index is 0.0595. The second kappa shape index (κ2) is 4.74. The van der Waals surface area contributed by atoms with E-state index in [1.165, 1.54) is 12.1 Å². The van der Waals surface area contributed by atoms with Gasteiger partial charge in [0.05, 0.1) is 16.9 Å². The van der Waals surface area contributed by atoms with Crippen molar-refractivity contribution in [2.24, 2.45) is 0 Å². The van der Waals surface area contributed by atoms with Gasteiger partial charge in [-0.05, 0) is 54.9 Å². The summed E-state index contributed by atoms with van der Waals surface area (Å²) < 4.78 is 14.4. The van der Waals surface area contributed by atoms with Crippen LogP contribution in [0.5, 0.6) is 0 Å². The monoisotopic (exact) mass is 319 g/mol. The van der Waals surface area contributed by atoms with Gasteiger partial charge in [0.1, 0.15) is 5.82 Å². The van der Waals surface area contributed by atoms with Crippen molar-refractivity contribution in [1.82, 2.24) is 4.68 Å². The van der Waals surface area contributed by atoms with Crippen molar-refractivity contribution >= 4 is 23.0 Å². The van der Waals surface area contributed by atoms with E-state index in [1.807, 2.05) is 0 Å². The van der Waals surface area contributed by atoms with Crippen LogP contribution in [0.2, 0.25) is 5.02 Å². The number of nitrogen functional groups attached to an aromatic ring is 1. The molecule has 0 saturated heterocycles. The minimum atomic E-state index is -0.458. The Kier molecular flexibility index (Phi) is 2.94. The molecule has 0 aliphatic heterocycles. The normalized spacial score (nSPS) is 21.9. The highest BCUT2D eigenvalue weighted by molar-refractivity contribution is 6.31. The molecule has 2 aliphatic rings. The second-order valence-corrected chi connectivity index (χ2v) is 6.45. The van der Waals surface area contributed by atoms with Gasteiger partial charge in [0.2, 0.25) is 0 Å². The van der Waals surface area contributed by atoms with Crippen LogP contribution >= 0.6 is 11.6 Å². The van der Waals surface area contributed by atoms with Gasteiger partial charge >= 0.3 is 0 Å². The summed E-state index contributed by atoms with van der Waals surface area (Å²) in [6.45, 7) is 0. The molecule has 2 aromatic rings. The number of benzene rings is 1. The largest absolute Gasteiger partial charge is 0.354 e. The number of nitrogens with one attached hydrogen (secondary N) is 1. The molecule has 0 radical (unpaired) electrons. The zero-order chi connectivity index (χ0) is 15.4. The zero-order valence-corrected chi connectivity index (χ0v) is 12.5. The zero-order valence-electron chi connectivity index (χ0n) is 11.8. The van der Waals surface area contributed by atoms with Gasteiger partial charge < -0.3 is 11.2 Å². The summed E-state index contributed by atoms with van der Waals surface area (Å²) >= 11 is 5.82. The Hall–Kier alpha value is -2.01. The molecule has 22 heavy (non-hydrogen) atoms. The van der Waals surface area contributed by atoms with Crippen LogP contribution in [-0.2, 0) is 0 Å². The van der Waals surface area contributed by atoms with Crippen molar-refractivity contribution in [3.05, 3.63) is 56.7 Å². The van der Waals surface area contributed by atoms with Crippen molar-refractivity contribution in [1.29, 1.82) is 0 Å². The first-order chi connectivity index (χ1) is 10.5. The third-order valence-corrected chi connectivity index (χ3v) is 5.05. The molecule has 1 aromatic carbocycles. The maximum absolute atomic E-state index is 13.3. The summed E-state index contributed by atoms with van der Waals surface area (Å²) in [5.41, 5.74) is 3.30. The van der Waals surface area contributed by atoms with Crippen molar-refractivity contribution in [3.63, 3.8) is 0 Å². The number of halogens is 2. The first-order valence-electron chi connectivity index (χ1n) is 7.31. The van der Waals surface area contributed by atoms with Crippen LogP contribution in [0.25, 0.3) is 0 Å². The molecular formula is C16H15ClFN3O. The quantitative estimate of drug-likeness (QED) is 0.833. The molecule has 2 bridgehead atoms. The Morgan fingerprint density at radius 1 is 1.27 bits per heavy atom. The highest BCUT2D eigenvalue weighted by Crippen LogP contribution is 2.54. The molecule has 2 atom stereocenters. The van der Waals surface area contributed by atoms with E-state index in [0.29, 0.717) is 17.5 Å². The van der Waals surface area contributed by atoms with Gasteiger partial charge in [0.25, 0.3) is 5.56 Å². The average molecular weight is 320 g/mol. The van der Waals surface area contributed by atoms with Gasteiger partial charge in [-0.15, -0.1) is 0 Å². The lowest BCUT2D eigenvalue weighted by molar-refractivity contribution is 0.628. The maximum Gasteiger partial charge on any atom is 0.272 e. The standard InChI is InChI=1S/C16H15ClFN3O/c17-11-6-10(3-4-12(11)18)20-13-7-21(19)16(22)15-9-2-1-8(5-9)14(13)15/h3-4,6-9,20H,1-2,5,19H2. The van der Waals surface area contributed by atoms with Crippen LogP contribution in [0.4, 0.5) is 15.8 Å². The molecule has 1 aromatic heterocycles. The van der Waals surface area contributed by atoms with E-state index in [2.05, 4.69) is 5.32 Å². The van der Waals surface area contributed by atoms with Crippen molar-refractivity contribution in [2.45, 2.75) is 31.1 Å². The molecule has 0 amide bonds. The molecule has 1 heterocycles. The molecule has 4 nitrogen and oxygen atoms in total. The Labute approximate surface area is 131 Å². The Balaban J connectivity index is 1.81. The van der Waals surface area contributed by atoms with Gasteiger partial charge in [-0.3, -0.25) is 4.79 Å². The third kappa shape index (κ3) is 1.92. The van der Waals surface area contributed by atoms with E-state index < -0.39 is 5.82 Å². The lowest BCUT2D eigenvalue weighted by Gasteiger charge is -2.20. The predicted octanol–water partition coefficient (Wildman–Crippen LogP) is 3.46. The number of anilines is 2. The Morgan fingerprint density at radius 3 is 2.73 bits per heavy atom. The first-order valence-corrected chi connectivity index (χ1v) is 7.69. The number of nitrogens with zero attached hydrogens (tertiary/aromatic N) is 1. The summed E-state index contributed by atoms with van der Waals surface area (Å²) in [5, 5.41) is 3.29. The average Bonchev–Trinajstić information content (AvgIpc) is 3.09. The van der Waals surface area contributed by atoms with Crippen LogP contribution in [0.1, 0.15) is 42.2 Å². The molecule has 1 saturated carbocycles. The van der Waals surface area contributed by atoms with E-state index in [1.54, 1.807) is 12.3 Å². The summed E-state index contributed by atoms with van der Waals surface area (Å²) in [5.74, 6) is 6.08. The number of pyridine rings is 1. The lowest BCUT2D eigenvalue weighted by Crippen LogP contribution is -2.31. The number of nitrogens with two attached hydrogens (primary N) is 1. The van der Waals surface area contributed by atoms with Crippen LogP contribution < -0.4 is 16.7 Å². The number of hydrogen-bond donors (Lipinski definition) is 2. The lowest BCUT2D eigenvalue weighted by atomic mass is 9.92. The predicted molar refractivity (Wildman–Crippen MR) is 84.9 cm³/mol. The molecule has 6 heteroatoms. The van der Waals surface area contributed by atoms with Gasteiger partial charge in [-0.2, -0.15) is 0 Å². The summed E-state index contributed by atoms with van der Waals surface area (Å²) in [4.78, 5) is 12.3. The smallest absolute Gasteiger partial charge is 0.272 e. The highest BCUT2D eigenvalue weighted by atomic mass is 35.5. The Morgan fingerprint density at radius 2 is 2.00 bits per heavy atom. The highest BCUT2D eigenvalue weighted by Gasteiger charge is 2.41. The molecular weight excluding hydrogens is 305 g/mol. The van der Waals surface area contributed by atoms with E-state index in [-0.39, 0.29) is 10.6 Å². The second-order valence-electron chi connectivity index (χ2n) is 6.04. The molecule has 114 valence electrons. The van der Waals surface area contributed by atoms with Crippen molar-refractivity contribution < 1.29 is 4.39 Å². The first kappa shape index (κ1) is 13.6. The topological polar surface area (TPSA) is 60.0 Å². The SMILES string of the molecule is Nn1cc(Nc2ccc(F)c(Cl)c2)c2c(c1=O)C1CCC2C1.